The number of hydrogen-bond acceptors (Lipinski definition) is 8. The van der Waals surface area contributed by atoms with Crippen LogP contribution >= 0.6 is 0 Å². The number of nitrogens with one attached hydrogen (secondary N) is 2. The fraction of sp³-hybridized carbons (Fsp3) is 0.500. The fourth-order valence-corrected chi connectivity index (χ4v) is 5.37. The van der Waals surface area contributed by atoms with Gasteiger partial charge in [0, 0.05) is 37.0 Å². The Morgan fingerprint density at radius 1 is 1.10 bits per heavy atom. The second-order valence-corrected chi connectivity index (χ2v) is 11.5. The van der Waals surface area contributed by atoms with Crippen molar-refractivity contribution in [2.45, 2.75) is 77.1 Å². The van der Waals surface area contributed by atoms with Gasteiger partial charge in [0.25, 0.3) is 11.8 Å². The normalized spacial score (nSPS) is 20.9. The highest BCUT2D eigenvalue weighted by atomic mass is 16.6. The number of imide groups is 2. The third kappa shape index (κ3) is 5.30. The van der Waals surface area contributed by atoms with Gasteiger partial charge < -0.3 is 15.0 Å². The molecule has 0 bridgehead atoms. The molecular formula is C28H34N6O6. The van der Waals surface area contributed by atoms with Crippen LogP contribution in [0.3, 0.4) is 0 Å². The standard InChI is InChI=1S/C28H34N6O6/c1-16(17-14-29-33(15-17)18-10-12-32(13-11-18)27(39)40-28(2,3)4)30-20-7-5-6-19-23(20)26(38)34(25(19)37)21-8-9-22(35)31-24(21)36/h5-7,14-16,18,21,30H,8-13H2,1-4H3,(H,31,35,36). The Hall–Kier alpha value is -4.22. The molecule has 0 radical (unpaired) electrons. The molecule has 2 N–H and O–H groups in total. The van der Waals surface area contributed by atoms with Crippen molar-refractivity contribution in [3.05, 3.63) is 47.3 Å². The molecule has 12 nitrogen and oxygen atoms in total. The summed E-state index contributed by atoms with van der Waals surface area (Å²) in [6.45, 7) is 8.65. The molecule has 40 heavy (non-hydrogen) atoms. The SMILES string of the molecule is CC(Nc1cccc2c1C(=O)N(C1CCC(=O)NC1=O)C2=O)c1cnn(C2CCN(C(=O)OC(C)(C)C)CC2)c1. The second-order valence-electron chi connectivity index (χ2n) is 11.5. The van der Waals surface area contributed by atoms with Gasteiger partial charge in [0.2, 0.25) is 11.8 Å². The summed E-state index contributed by atoms with van der Waals surface area (Å²) in [5.74, 6) is -2.16. The topological polar surface area (TPSA) is 143 Å². The van der Waals surface area contributed by atoms with Crippen LogP contribution in [0.15, 0.2) is 30.6 Å². The monoisotopic (exact) mass is 550 g/mol. The number of carbonyl (C=O) groups excluding carboxylic acids is 5. The summed E-state index contributed by atoms with van der Waals surface area (Å²) < 4.78 is 7.39. The number of anilines is 1. The van der Waals surface area contributed by atoms with Crippen molar-refractivity contribution < 1.29 is 28.7 Å². The quantitative estimate of drug-likeness (QED) is 0.541. The van der Waals surface area contributed by atoms with E-state index in [2.05, 4.69) is 15.7 Å². The molecule has 4 heterocycles. The average molecular weight is 551 g/mol. The third-order valence-corrected chi connectivity index (χ3v) is 7.45. The summed E-state index contributed by atoms with van der Waals surface area (Å²) in [6.07, 6.45) is 5.09. The second kappa shape index (κ2) is 10.4. The lowest BCUT2D eigenvalue weighted by molar-refractivity contribution is -0.136. The van der Waals surface area contributed by atoms with E-state index in [1.54, 1.807) is 29.3 Å². The number of ether oxygens (including phenoxy) is 1. The Morgan fingerprint density at radius 2 is 1.82 bits per heavy atom. The molecule has 1 aromatic carbocycles. The average Bonchev–Trinajstić information content (AvgIpc) is 3.48. The van der Waals surface area contributed by atoms with Gasteiger partial charge >= 0.3 is 6.09 Å². The van der Waals surface area contributed by atoms with Gasteiger partial charge in [0.05, 0.1) is 29.4 Å². The smallest absolute Gasteiger partial charge is 0.410 e. The zero-order chi connectivity index (χ0) is 28.8. The van der Waals surface area contributed by atoms with Crippen LogP contribution in [0.25, 0.3) is 0 Å². The van der Waals surface area contributed by atoms with Crippen molar-refractivity contribution >= 4 is 35.4 Å². The number of benzene rings is 1. The van der Waals surface area contributed by atoms with Crippen LogP contribution in [0.5, 0.6) is 0 Å². The molecule has 2 saturated heterocycles. The molecule has 0 saturated carbocycles. The van der Waals surface area contributed by atoms with E-state index < -0.39 is 35.3 Å². The van der Waals surface area contributed by atoms with Gasteiger partial charge in [-0.15, -0.1) is 0 Å². The molecule has 5 amide bonds. The highest BCUT2D eigenvalue weighted by Crippen LogP contribution is 2.34. The fourth-order valence-electron chi connectivity index (χ4n) is 5.37. The minimum Gasteiger partial charge on any atom is -0.444 e. The van der Waals surface area contributed by atoms with Crippen LogP contribution in [0.4, 0.5) is 10.5 Å². The Labute approximate surface area is 232 Å². The minimum atomic E-state index is -1.02. The molecule has 2 aromatic rings. The first-order valence-corrected chi connectivity index (χ1v) is 13.6. The van der Waals surface area contributed by atoms with Crippen molar-refractivity contribution in [2.24, 2.45) is 0 Å². The lowest BCUT2D eigenvalue weighted by Gasteiger charge is -2.33. The Morgan fingerprint density at radius 3 is 2.50 bits per heavy atom. The first kappa shape index (κ1) is 27.4. The molecule has 0 aliphatic carbocycles. The van der Waals surface area contributed by atoms with E-state index in [1.807, 2.05) is 38.6 Å². The van der Waals surface area contributed by atoms with E-state index in [1.165, 1.54) is 0 Å². The van der Waals surface area contributed by atoms with Gasteiger partial charge in [0.1, 0.15) is 11.6 Å². The lowest BCUT2D eigenvalue weighted by atomic mass is 10.0. The summed E-state index contributed by atoms with van der Waals surface area (Å²) in [5, 5.41) is 10.1. The van der Waals surface area contributed by atoms with Gasteiger partial charge in [-0.3, -0.25) is 34.1 Å². The van der Waals surface area contributed by atoms with Crippen molar-refractivity contribution in [3.63, 3.8) is 0 Å². The number of nitrogens with zero attached hydrogens (tertiary/aromatic N) is 4. The van der Waals surface area contributed by atoms with E-state index in [4.69, 9.17) is 4.74 Å². The maximum absolute atomic E-state index is 13.4. The minimum absolute atomic E-state index is 0.0654. The Balaban J connectivity index is 1.25. The number of likely N-dealkylation sites (tertiary alicyclic amines) is 1. The van der Waals surface area contributed by atoms with Crippen LogP contribution in [0.1, 0.15) is 91.7 Å². The molecule has 2 fully saturated rings. The molecule has 12 heteroatoms. The summed E-state index contributed by atoms with van der Waals surface area (Å²) in [7, 11) is 0. The number of aromatic nitrogens is 2. The van der Waals surface area contributed by atoms with E-state index >= 15 is 0 Å². The van der Waals surface area contributed by atoms with Crippen molar-refractivity contribution in [2.75, 3.05) is 18.4 Å². The maximum atomic E-state index is 13.4. The first-order chi connectivity index (χ1) is 18.9. The molecule has 3 aliphatic heterocycles. The number of hydrogen-bond donors (Lipinski definition) is 2. The maximum Gasteiger partial charge on any atom is 0.410 e. The zero-order valence-corrected chi connectivity index (χ0v) is 23.1. The predicted molar refractivity (Wildman–Crippen MR) is 143 cm³/mol. The van der Waals surface area contributed by atoms with Gasteiger partial charge in [-0.05, 0) is 59.1 Å². The highest BCUT2D eigenvalue weighted by molar-refractivity contribution is 6.25. The van der Waals surface area contributed by atoms with Crippen LogP contribution < -0.4 is 10.6 Å². The Kier molecular flexibility index (Phi) is 7.11. The van der Waals surface area contributed by atoms with Crippen molar-refractivity contribution in [3.8, 4) is 0 Å². The van der Waals surface area contributed by atoms with Crippen molar-refractivity contribution in [1.82, 2.24) is 24.9 Å². The largest absolute Gasteiger partial charge is 0.444 e. The molecule has 5 rings (SSSR count). The molecule has 212 valence electrons. The van der Waals surface area contributed by atoms with Crippen LogP contribution in [-0.4, -0.2) is 74.0 Å². The molecule has 2 unspecified atom stereocenters. The van der Waals surface area contributed by atoms with Crippen LogP contribution in [-0.2, 0) is 14.3 Å². The van der Waals surface area contributed by atoms with E-state index in [0.29, 0.717) is 18.8 Å². The number of carbonyl (C=O) groups is 5. The van der Waals surface area contributed by atoms with Gasteiger partial charge in [-0.25, -0.2) is 4.79 Å². The lowest BCUT2D eigenvalue weighted by Crippen LogP contribution is -2.54. The predicted octanol–water partition coefficient (Wildman–Crippen LogP) is 3.03. The number of fused-ring (bicyclic) bond motifs is 1. The van der Waals surface area contributed by atoms with Gasteiger partial charge in [-0.1, -0.05) is 6.07 Å². The summed E-state index contributed by atoms with van der Waals surface area (Å²) in [5.41, 5.74) is 1.28. The summed E-state index contributed by atoms with van der Waals surface area (Å²) >= 11 is 0. The van der Waals surface area contributed by atoms with Crippen LogP contribution in [0.2, 0.25) is 0 Å². The summed E-state index contributed by atoms with van der Waals surface area (Å²) in [4.78, 5) is 65.5. The molecule has 2 atom stereocenters. The number of piperidine rings is 2. The molecular weight excluding hydrogens is 516 g/mol. The number of amides is 5. The van der Waals surface area contributed by atoms with Gasteiger partial charge in [0.15, 0.2) is 0 Å². The first-order valence-electron chi connectivity index (χ1n) is 13.6. The summed E-state index contributed by atoms with van der Waals surface area (Å²) in [6, 6.07) is 3.87. The third-order valence-electron chi connectivity index (χ3n) is 7.45. The molecule has 1 aromatic heterocycles. The van der Waals surface area contributed by atoms with Crippen molar-refractivity contribution in [1.29, 1.82) is 0 Å². The zero-order valence-electron chi connectivity index (χ0n) is 23.1. The van der Waals surface area contributed by atoms with E-state index in [9.17, 15) is 24.0 Å². The highest BCUT2D eigenvalue weighted by Gasteiger charge is 2.45. The van der Waals surface area contributed by atoms with E-state index in [-0.39, 0.29) is 42.1 Å². The Bertz CT molecular complexity index is 1370. The van der Waals surface area contributed by atoms with Gasteiger partial charge in [-0.2, -0.15) is 5.10 Å². The molecule has 3 aliphatic rings. The number of rotatable bonds is 5. The van der Waals surface area contributed by atoms with E-state index in [0.717, 1.165) is 23.3 Å². The van der Waals surface area contributed by atoms with Crippen LogP contribution in [0, 0.1) is 0 Å². The molecule has 0 spiro atoms.